The molecule has 1 aromatic heterocycles. The number of nitrogens with zero attached hydrogens (tertiary/aromatic N) is 2. The van der Waals surface area contributed by atoms with E-state index in [0.717, 1.165) is 11.1 Å². The van der Waals surface area contributed by atoms with Crippen LogP contribution < -0.4 is 10.1 Å². The molecule has 1 heterocycles. The van der Waals surface area contributed by atoms with Crippen molar-refractivity contribution in [2.75, 3.05) is 18.2 Å². The molecule has 3 aromatic rings. The summed E-state index contributed by atoms with van der Waals surface area (Å²) in [5, 5.41) is 11.7. The van der Waals surface area contributed by atoms with Crippen LogP contribution in [0.5, 0.6) is 5.75 Å². The van der Waals surface area contributed by atoms with Crippen molar-refractivity contribution in [1.82, 2.24) is 10.2 Å². The summed E-state index contributed by atoms with van der Waals surface area (Å²) in [7, 11) is 1.59. The van der Waals surface area contributed by atoms with Gasteiger partial charge in [0.25, 0.3) is 5.22 Å². The van der Waals surface area contributed by atoms with Gasteiger partial charge < -0.3 is 14.5 Å². The van der Waals surface area contributed by atoms with Crippen LogP contribution >= 0.6 is 23.4 Å². The third-order valence-electron chi connectivity index (χ3n) is 3.52. The fourth-order valence-electron chi connectivity index (χ4n) is 2.18. The lowest BCUT2D eigenvalue weighted by molar-refractivity contribution is -0.113. The number of ether oxygens (including phenoxy) is 1. The fourth-order valence-corrected chi connectivity index (χ4v) is 2.92. The first-order valence-corrected chi connectivity index (χ1v) is 9.08. The molecule has 0 saturated heterocycles. The maximum absolute atomic E-state index is 12.1. The molecule has 2 aromatic carbocycles. The predicted molar refractivity (Wildman–Crippen MR) is 102 cm³/mol. The number of nitrogens with one attached hydrogen (secondary N) is 1. The van der Waals surface area contributed by atoms with Crippen LogP contribution in [0.1, 0.15) is 5.56 Å². The van der Waals surface area contributed by atoms with E-state index in [2.05, 4.69) is 15.5 Å². The van der Waals surface area contributed by atoms with Gasteiger partial charge in [0.1, 0.15) is 5.75 Å². The molecule has 1 N–H and O–H groups in total. The highest BCUT2D eigenvalue weighted by molar-refractivity contribution is 7.99. The van der Waals surface area contributed by atoms with Crippen molar-refractivity contribution < 1.29 is 13.9 Å². The Bertz CT molecular complexity index is 930. The lowest BCUT2D eigenvalue weighted by Crippen LogP contribution is -2.14. The predicted octanol–water partition coefficient (Wildman–Crippen LogP) is 4.44. The Kier molecular flexibility index (Phi) is 5.80. The van der Waals surface area contributed by atoms with Crippen LogP contribution in [0.25, 0.3) is 11.5 Å². The second-order valence-corrected chi connectivity index (χ2v) is 6.76. The smallest absolute Gasteiger partial charge is 0.277 e. The monoisotopic (exact) mass is 389 g/mol. The fraction of sp³-hybridized carbons (Fsp3) is 0.167. The standard InChI is InChI=1S/C18H16ClN3O3S/c1-11-6-7-13(19)9-15(11)20-16(23)10-26-18-22-21-17(25-18)12-4-3-5-14(8-12)24-2/h3-9H,10H2,1-2H3,(H,20,23). The zero-order valence-electron chi connectivity index (χ0n) is 14.2. The van der Waals surface area contributed by atoms with Crippen LogP contribution in [0.4, 0.5) is 5.69 Å². The van der Waals surface area contributed by atoms with Gasteiger partial charge in [0.2, 0.25) is 11.8 Å². The molecule has 0 saturated carbocycles. The quantitative estimate of drug-likeness (QED) is 0.628. The molecular weight excluding hydrogens is 374 g/mol. The lowest BCUT2D eigenvalue weighted by atomic mass is 10.2. The summed E-state index contributed by atoms with van der Waals surface area (Å²) in [6, 6.07) is 12.7. The van der Waals surface area contributed by atoms with Gasteiger partial charge in [0.05, 0.1) is 12.9 Å². The number of carbonyl (C=O) groups excluding carboxylic acids is 1. The molecule has 0 spiro atoms. The zero-order chi connectivity index (χ0) is 18.5. The number of hydrogen-bond donors (Lipinski definition) is 1. The van der Waals surface area contributed by atoms with E-state index in [1.165, 1.54) is 11.8 Å². The highest BCUT2D eigenvalue weighted by Gasteiger charge is 2.12. The third kappa shape index (κ3) is 4.56. The first-order chi connectivity index (χ1) is 12.5. The summed E-state index contributed by atoms with van der Waals surface area (Å²) < 4.78 is 10.8. The van der Waals surface area contributed by atoms with E-state index < -0.39 is 0 Å². The van der Waals surface area contributed by atoms with Gasteiger partial charge in [-0.1, -0.05) is 35.5 Å². The van der Waals surface area contributed by atoms with Gasteiger partial charge in [0, 0.05) is 16.3 Å². The number of aryl methyl sites for hydroxylation is 1. The maximum atomic E-state index is 12.1. The van der Waals surface area contributed by atoms with Crippen molar-refractivity contribution >= 4 is 35.0 Å². The number of aromatic nitrogens is 2. The van der Waals surface area contributed by atoms with Gasteiger partial charge in [-0.05, 0) is 42.8 Å². The molecule has 0 aliphatic heterocycles. The zero-order valence-corrected chi connectivity index (χ0v) is 15.7. The Morgan fingerprint density at radius 1 is 1.27 bits per heavy atom. The summed E-state index contributed by atoms with van der Waals surface area (Å²) in [5.74, 6) is 1.04. The summed E-state index contributed by atoms with van der Waals surface area (Å²) >= 11 is 7.12. The van der Waals surface area contributed by atoms with E-state index in [0.29, 0.717) is 27.6 Å². The summed E-state index contributed by atoms with van der Waals surface area (Å²) in [5.41, 5.74) is 2.37. The second kappa shape index (κ2) is 8.25. The second-order valence-electron chi connectivity index (χ2n) is 5.40. The molecule has 0 unspecified atom stereocenters. The maximum Gasteiger partial charge on any atom is 0.277 e. The highest BCUT2D eigenvalue weighted by atomic mass is 35.5. The highest BCUT2D eigenvalue weighted by Crippen LogP contribution is 2.26. The Balaban J connectivity index is 1.61. The van der Waals surface area contributed by atoms with Crippen LogP contribution in [0, 0.1) is 6.92 Å². The van der Waals surface area contributed by atoms with Crippen molar-refractivity contribution in [2.24, 2.45) is 0 Å². The molecule has 0 bridgehead atoms. The first kappa shape index (κ1) is 18.3. The Hall–Kier alpha value is -2.51. The number of hydrogen-bond acceptors (Lipinski definition) is 6. The Labute approximate surface area is 159 Å². The van der Waals surface area contributed by atoms with Gasteiger partial charge in [-0.15, -0.1) is 10.2 Å². The van der Waals surface area contributed by atoms with E-state index in [1.807, 2.05) is 31.2 Å². The van der Waals surface area contributed by atoms with Gasteiger partial charge in [0.15, 0.2) is 0 Å². The molecule has 0 aliphatic carbocycles. The number of rotatable bonds is 6. The average molecular weight is 390 g/mol. The topological polar surface area (TPSA) is 77.2 Å². The Morgan fingerprint density at radius 2 is 2.12 bits per heavy atom. The largest absolute Gasteiger partial charge is 0.497 e. The van der Waals surface area contributed by atoms with E-state index in [9.17, 15) is 4.79 Å². The molecule has 0 fully saturated rings. The van der Waals surface area contributed by atoms with Crippen LogP contribution in [-0.4, -0.2) is 29.0 Å². The molecule has 1 amide bonds. The molecule has 26 heavy (non-hydrogen) atoms. The first-order valence-electron chi connectivity index (χ1n) is 7.72. The molecule has 0 aliphatic rings. The SMILES string of the molecule is COc1cccc(-c2nnc(SCC(=O)Nc3cc(Cl)ccc3C)o2)c1. The van der Waals surface area contributed by atoms with E-state index in [1.54, 1.807) is 25.3 Å². The van der Waals surface area contributed by atoms with Gasteiger partial charge in [-0.25, -0.2) is 0 Å². The van der Waals surface area contributed by atoms with Crippen LogP contribution in [-0.2, 0) is 4.79 Å². The van der Waals surface area contributed by atoms with Crippen molar-refractivity contribution in [2.45, 2.75) is 12.1 Å². The minimum Gasteiger partial charge on any atom is -0.497 e. The third-order valence-corrected chi connectivity index (χ3v) is 4.58. The Morgan fingerprint density at radius 3 is 2.92 bits per heavy atom. The van der Waals surface area contributed by atoms with Crippen LogP contribution in [0.2, 0.25) is 5.02 Å². The molecule has 134 valence electrons. The van der Waals surface area contributed by atoms with Gasteiger partial charge >= 0.3 is 0 Å². The van der Waals surface area contributed by atoms with Crippen molar-refractivity contribution in [1.29, 1.82) is 0 Å². The molecule has 8 heteroatoms. The van der Waals surface area contributed by atoms with Gasteiger partial charge in [-0.2, -0.15) is 0 Å². The minimum absolute atomic E-state index is 0.145. The van der Waals surface area contributed by atoms with Crippen LogP contribution in [0.3, 0.4) is 0 Å². The number of anilines is 1. The molecule has 0 atom stereocenters. The van der Waals surface area contributed by atoms with Crippen molar-refractivity contribution in [3.63, 3.8) is 0 Å². The number of methoxy groups -OCH3 is 1. The number of benzene rings is 2. The van der Waals surface area contributed by atoms with Crippen molar-refractivity contribution in [3.05, 3.63) is 53.1 Å². The van der Waals surface area contributed by atoms with E-state index in [4.69, 9.17) is 20.8 Å². The molecule has 3 rings (SSSR count). The number of halogens is 1. The van der Waals surface area contributed by atoms with Gasteiger partial charge in [-0.3, -0.25) is 4.79 Å². The van der Waals surface area contributed by atoms with Crippen LogP contribution in [0.15, 0.2) is 52.1 Å². The average Bonchev–Trinajstić information content (AvgIpc) is 3.12. The lowest BCUT2D eigenvalue weighted by Gasteiger charge is -2.07. The molecule has 6 nitrogen and oxygen atoms in total. The normalized spacial score (nSPS) is 10.6. The minimum atomic E-state index is -0.179. The number of amides is 1. The van der Waals surface area contributed by atoms with E-state index >= 15 is 0 Å². The van der Waals surface area contributed by atoms with E-state index in [-0.39, 0.29) is 11.7 Å². The molecular formula is C18H16ClN3O3S. The number of thioether (sulfide) groups is 1. The summed E-state index contributed by atoms with van der Waals surface area (Å²) in [6.45, 7) is 1.90. The summed E-state index contributed by atoms with van der Waals surface area (Å²) in [6.07, 6.45) is 0. The number of carbonyl (C=O) groups is 1. The summed E-state index contributed by atoms with van der Waals surface area (Å²) in [4.78, 5) is 12.1. The molecule has 0 radical (unpaired) electrons. The van der Waals surface area contributed by atoms with Crippen molar-refractivity contribution in [3.8, 4) is 17.2 Å².